The summed E-state index contributed by atoms with van der Waals surface area (Å²) in [5.74, 6) is 1.52. The first-order valence-corrected chi connectivity index (χ1v) is 8.04. The van der Waals surface area contributed by atoms with E-state index in [9.17, 15) is 0 Å². The molecule has 0 aromatic heterocycles. The van der Waals surface area contributed by atoms with Crippen LogP contribution in [0, 0.1) is 3.57 Å². The van der Waals surface area contributed by atoms with E-state index in [4.69, 9.17) is 10.5 Å². The smallest absolute Gasteiger partial charge is 0.122 e. The molecule has 3 heteroatoms. The van der Waals surface area contributed by atoms with Crippen LogP contribution in [-0.4, -0.2) is 6.61 Å². The fraction of sp³-hybridized carbons (Fsp3) is 0.294. The number of halogens is 1. The molecule has 0 saturated carbocycles. The van der Waals surface area contributed by atoms with Crippen molar-refractivity contribution in [1.82, 2.24) is 0 Å². The summed E-state index contributed by atoms with van der Waals surface area (Å²) >= 11 is 2.33. The summed E-state index contributed by atoms with van der Waals surface area (Å²) in [7, 11) is 0. The van der Waals surface area contributed by atoms with Gasteiger partial charge in [-0.15, -0.1) is 0 Å². The molecule has 2 N–H and O–H groups in total. The Labute approximate surface area is 133 Å². The molecule has 0 radical (unpaired) electrons. The average Bonchev–Trinajstić information content (AvgIpc) is 2.47. The highest BCUT2D eigenvalue weighted by molar-refractivity contribution is 14.1. The first-order chi connectivity index (χ1) is 9.74. The molecule has 2 aromatic rings. The molecule has 1 aliphatic rings. The molecule has 0 saturated heterocycles. The van der Waals surface area contributed by atoms with E-state index < -0.39 is 0 Å². The number of fused-ring (bicyclic) bond motifs is 1. The molecule has 2 nitrogen and oxygen atoms in total. The Hall–Kier alpha value is -1.07. The van der Waals surface area contributed by atoms with Gasteiger partial charge in [-0.25, -0.2) is 0 Å². The number of benzene rings is 2. The van der Waals surface area contributed by atoms with E-state index in [0.29, 0.717) is 5.92 Å². The second-order valence-electron chi connectivity index (χ2n) is 5.27. The van der Waals surface area contributed by atoms with Gasteiger partial charge in [-0.3, -0.25) is 0 Å². The summed E-state index contributed by atoms with van der Waals surface area (Å²) in [6, 6.07) is 16.9. The van der Waals surface area contributed by atoms with Gasteiger partial charge in [-0.1, -0.05) is 30.3 Å². The van der Waals surface area contributed by atoms with Gasteiger partial charge < -0.3 is 10.5 Å². The minimum atomic E-state index is 0.0841. The van der Waals surface area contributed by atoms with Crippen LogP contribution in [0.4, 0.5) is 0 Å². The van der Waals surface area contributed by atoms with Crippen molar-refractivity contribution in [2.75, 3.05) is 6.61 Å². The van der Waals surface area contributed by atoms with Crippen LogP contribution in [0.2, 0.25) is 0 Å². The van der Waals surface area contributed by atoms with E-state index in [-0.39, 0.29) is 6.04 Å². The van der Waals surface area contributed by atoms with E-state index in [0.717, 1.165) is 25.2 Å². The van der Waals surface area contributed by atoms with Gasteiger partial charge in [0, 0.05) is 9.61 Å². The van der Waals surface area contributed by atoms with Gasteiger partial charge in [0.25, 0.3) is 0 Å². The Kier molecular flexibility index (Phi) is 4.27. The van der Waals surface area contributed by atoms with Crippen molar-refractivity contribution in [3.8, 4) is 5.75 Å². The number of hydrogen-bond acceptors (Lipinski definition) is 2. The highest BCUT2D eigenvalue weighted by atomic mass is 127. The molecular formula is C17H18INO. The molecular weight excluding hydrogens is 361 g/mol. The normalized spacial score (nSPS) is 19.0. The fourth-order valence-corrected chi connectivity index (χ4v) is 3.41. The Bertz CT molecular complexity index is 599. The molecule has 3 rings (SSSR count). The van der Waals surface area contributed by atoms with Crippen molar-refractivity contribution in [3.63, 3.8) is 0 Å². The van der Waals surface area contributed by atoms with Gasteiger partial charge in [0.1, 0.15) is 5.75 Å². The van der Waals surface area contributed by atoms with Crippen LogP contribution >= 0.6 is 22.6 Å². The molecule has 2 atom stereocenters. The van der Waals surface area contributed by atoms with Crippen LogP contribution < -0.4 is 10.5 Å². The van der Waals surface area contributed by atoms with Crippen molar-refractivity contribution in [3.05, 3.63) is 63.2 Å². The molecule has 1 heterocycles. The minimum absolute atomic E-state index is 0.0841. The van der Waals surface area contributed by atoms with E-state index in [1.54, 1.807) is 0 Å². The van der Waals surface area contributed by atoms with Crippen molar-refractivity contribution in [1.29, 1.82) is 0 Å². The number of para-hydroxylation sites is 1. The lowest BCUT2D eigenvalue weighted by Crippen LogP contribution is -2.20. The predicted molar refractivity (Wildman–Crippen MR) is 90.0 cm³/mol. The Morgan fingerprint density at radius 3 is 2.90 bits per heavy atom. The summed E-state index contributed by atoms with van der Waals surface area (Å²) in [4.78, 5) is 0. The zero-order valence-corrected chi connectivity index (χ0v) is 13.4. The lowest BCUT2D eigenvalue weighted by Gasteiger charge is -2.28. The predicted octanol–water partition coefficient (Wildman–Crippen LogP) is 4.25. The zero-order valence-electron chi connectivity index (χ0n) is 11.3. The number of ether oxygens (including phenoxy) is 1. The van der Waals surface area contributed by atoms with Gasteiger partial charge in [0.15, 0.2) is 0 Å². The maximum absolute atomic E-state index is 6.41. The molecule has 1 aliphatic heterocycles. The van der Waals surface area contributed by atoms with E-state index in [2.05, 4.69) is 65.1 Å². The quantitative estimate of drug-likeness (QED) is 0.810. The van der Waals surface area contributed by atoms with Crippen molar-refractivity contribution in [2.45, 2.75) is 24.8 Å². The largest absolute Gasteiger partial charge is 0.493 e. The van der Waals surface area contributed by atoms with E-state index in [1.807, 2.05) is 6.07 Å². The molecule has 0 aliphatic carbocycles. The summed E-state index contributed by atoms with van der Waals surface area (Å²) in [6.07, 6.45) is 2.02. The molecule has 2 unspecified atom stereocenters. The monoisotopic (exact) mass is 379 g/mol. The second-order valence-corrected chi connectivity index (χ2v) is 6.51. The van der Waals surface area contributed by atoms with E-state index >= 15 is 0 Å². The first-order valence-electron chi connectivity index (χ1n) is 6.97. The molecule has 0 fully saturated rings. The first kappa shape index (κ1) is 13.9. The molecule has 0 amide bonds. The Balaban J connectivity index is 1.79. The van der Waals surface area contributed by atoms with Crippen LogP contribution in [0.3, 0.4) is 0 Å². The molecule has 2 aromatic carbocycles. The topological polar surface area (TPSA) is 35.2 Å². The van der Waals surface area contributed by atoms with Gasteiger partial charge in [0.05, 0.1) is 6.61 Å². The SMILES string of the molecule is NC(CC1CCOc2ccccc21)c1cccc(I)c1. The van der Waals surface area contributed by atoms with Crippen molar-refractivity contribution < 1.29 is 4.74 Å². The third-order valence-electron chi connectivity index (χ3n) is 3.90. The van der Waals surface area contributed by atoms with Crippen LogP contribution in [0.15, 0.2) is 48.5 Å². The molecule has 0 spiro atoms. The minimum Gasteiger partial charge on any atom is -0.493 e. The van der Waals surface area contributed by atoms with E-state index in [1.165, 1.54) is 14.7 Å². The van der Waals surface area contributed by atoms with Crippen LogP contribution in [0.1, 0.15) is 35.9 Å². The van der Waals surface area contributed by atoms with Gasteiger partial charge in [-0.2, -0.15) is 0 Å². The summed E-state index contributed by atoms with van der Waals surface area (Å²) in [5.41, 5.74) is 8.94. The maximum Gasteiger partial charge on any atom is 0.122 e. The number of hydrogen-bond donors (Lipinski definition) is 1. The lowest BCUT2D eigenvalue weighted by atomic mass is 9.86. The van der Waals surface area contributed by atoms with Gasteiger partial charge in [-0.05, 0) is 70.7 Å². The average molecular weight is 379 g/mol. The van der Waals surface area contributed by atoms with Crippen molar-refractivity contribution >= 4 is 22.6 Å². The summed E-state index contributed by atoms with van der Waals surface area (Å²) < 4.78 is 6.96. The van der Waals surface area contributed by atoms with Crippen molar-refractivity contribution in [2.24, 2.45) is 5.73 Å². The highest BCUT2D eigenvalue weighted by Gasteiger charge is 2.23. The van der Waals surface area contributed by atoms with Crippen LogP contribution in [0.25, 0.3) is 0 Å². The second kappa shape index (κ2) is 6.14. The third kappa shape index (κ3) is 2.99. The summed E-state index contributed by atoms with van der Waals surface area (Å²) in [5, 5.41) is 0. The molecule has 104 valence electrons. The summed E-state index contributed by atoms with van der Waals surface area (Å²) in [6.45, 7) is 0.792. The standard InChI is InChI=1S/C17H18INO/c18-14-5-3-4-13(10-14)16(19)11-12-8-9-20-17-7-2-1-6-15(12)17/h1-7,10,12,16H,8-9,11,19H2. The number of nitrogens with two attached hydrogens (primary N) is 1. The third-order valence-corrected chi connectivity index (χ3v) is 4.57. The maximum atomic E-state index is 6.41. The Morgan fingerprint density at radius 2 is 2.05 bits per heavy atom. The fourth-order valence-electron chi connectivity index (χ4n) is 2.84. The lowest BCUT2D eigenvalue weighted by molar-refractivity contribution is 0.259. The molecule has 20 heavy (non-hydrogen) atoms. The van der Waals surface area contributed by atoms with Crippen LogP contribution in [-0.2, 0) is 0 Å². The zero-order chi connectivity index (χ0) is 13.9. The van der Waals surface area contributed by atoms with Gasteiger partial charge >= 0.3 is 0 Å². The Morgan fingerprint density at radius 1 is 1.20 bits per heavy atom. The van der Waals surface area contributed by atoms with Gasteiger partial charge in [0.2, 0.25) is 0 Å². The molecule has 0 bridgehead atoms. The highest BCUT2D eigenvalue weighted by Crippen LogP contribution is 2.38. The number of rotatable bonds is 3. The van der Waals surface area contributed by atoms with Crippen LogP contribution in [0.5, 0.6) is 5.75 Å².